The Balaban J connectivity index is 0.00000180. The second-order valence-electron chi connectivity index (χ2n) is 4.54. The lowest BCUT2D eigenvalue weighted by Gasteiger charge is -2.35. The van der Waals surface area contributed by atoms with Gasteiger partial charge in [-0.2, -0.15) is 0 Å². The number of piperazine rings is 1. The molecule has 3 nitrogen and oxygen atoms in total. The number of benzene rings is 1. The van der Waals surface area contributed by atoms with E-state index < -0.39 is 5.82 Å². The first-order chi connectivity index (χ1) is 8.63. The van der Waals surface area contributed by atoms with Gasteiger partial charge in [0.2, 0.25) is 0 Å². The Labute approximate surface area is 139 Å². The fourth-order valence-corrected chi connectivity index (χ4v) is 2.96. The number of hydrogen-bond donors (Lipinski definition) is 2. The number of hydrogen-bond acceptors (Lipinski definition) is 3. The van der Waals surface area contributed by atoms with E-state index >= 15 is 0 Å². The number of aromatic hydroxyl groups is 1. The lowest BCUT2D eigenvalue weighted by Crippen LogP contribution is -2.45. The van der Waals surface area contributed by atoms with Gasteiger partial charge in [0.05, 0.1) is 0 Å². The second-order valence-corrected chi connectivity index (χ2v) is 5.45. The Hall–Kier alpha value is -0.0700. The van der Waals surface area contributed by atoms with Crippen molar-refractivity contribution in [3.8, 4) is 5.75 Å². The van der Waals surface area contributed by atoms with E-state index in [2.05, 4.69) is 33.1 Å². The first kappa shape index (κ1) is 19.9. The average molecular weight is 390 g/mol. The van der Waals surface area contributed by atoms with Gasteiger partial charge in [-0.15, -0.1) is 24.8 Å². The molecular weight excluding hydrogens is 370 g/mol. The molecule has 116 valence electrons. The highest BCUT2D eigenvalue weighted by Crippen LogP contribution is 2.35. The van der Waals surface area contributed by atoms with Crippen molar-refractivity contribution in [2.45, 2.75) is 19.4 Å². The number of nitrogens with one attached hydrogen (secondary N) is 1. The van der Waals surface area contributed by atoms with E-state index in [-0.39, 0.29) is 36.6 Å². The highest BCUT2D eigenvalue weighted by molar-refractivity contribution is 9.10. The van der Waals surface area contributed by atoms with Gasteiger partial charge in [-0.25, -0.2) is 4.39 Å². The molecule has 1 aromatic carbocycles. The van der Waals surface area contributed by atoms with E-state index in [4.69, 9.17) is 0 Å². The van der Waals surface area contributed by atoms with Crippen LogP contribution in [0.25, 0.3) is 0 Å². The molecular formula is C13H20BrCl2FN2O. The maximum absolute atomic E-state index is 13.6. The van der Waals surface area contributed by atoms with Gasteiger partial charge >= 0.3 is 0 Å². The number of phenolic OH excluding ortho intramolecular Hbond substituents is 1. The van der Waals surface area contributed by atoms with Crippen LogP contribution in [0.4, 0.5) is 4.39 Å². The van der Waals surface area contributed by atoms with Crippen LogP contribution in [0.1, 0.15) is 24.9 Å². The molecule has 1 aromatic rings. The monoisotopic (exact) mass is 388 g/mol. The zero-order chi connectivity index (χ0) is 13.1. The first-order valence-electron chi connectivity index (χ1n) is 6.26. The smallest absolute Gasteiger partial charge is 0.166 e. The van der Waals surface area contributed by atoms with Crippen LogP contribution in [0.5, 0.6) is 5.75 Å². The number of halogens is 4. The van der Waals surface area contributed by atoms with Crippen LogP contribution in [-0.4, -0.2) is 36.2 Å². The van der Waals surface area contributed by atoms with Gasteiger partial charge in [0.1, 0.15) is 0 Å². The molecule has 7 heteroatoms. The maximum Gasteiger partial charge on any atom is 0.166 e. The Bertz CT molecular complexity index is 431. The molecule has 1 atom stereocenters. The molecule has 0 amide bonds. The summed E-state index contributed by atoms with van der Waals surface area (Å²) in [7, 11) is 0. The summed E-state index contributed by atoms with van der Waals surface area (Å²) in [5.41, 5.74) is 0.672. The van der Waals surface area contributed by atoms with Crippen LogP contribution in [0.15, 0.2) is 16.6 Å². The summed E-state index contributed by atoms with van der Waals surface area (Å²) in [6.45, 7) is 5.78. The quantitative estimate of drug-likeness (QED) is 0.830. The summed E-state index contributed by atoms with van der Waals surface area (Å²) in [5, 5.41) is 13.2. The van der Waals surface area contributed by atoms with Gasteiger partial charge in [0.25, 0.3) is 0 Å². The molecule has 0 saturated carbocycles. The topological polar surface area (TPSA) is 35.5 Å². The zero-order valence-corrected chi connectivity index (χ0v) is 14.5. The van der Waals surface area contributed by atoms with Crippen molar-refractivity contribution in [2.24, 2.45) is 0 Å². The van der Waals surface area contributed by atoms with Gasteiger partial charge in [-0.05, 0) is 18.6 Å². The van der Waals surface area contributed by atoms with Crippen molar-refractivity contribution >= 4 is 40.7 Å². The van der Waals surface area contributed by atoms with E-state index in [0.29, 0.717) is 10.0 Å². The molecule has 1 aliphatic rings. The van der Waals surface area contributed by atoms with E-state index in [0.717, 1.165) is 32.6 Å². The minimum atomic E-state index is -0.562. The number of rotatable bonds is 3. The van der Waals surface area contributed by atoms with Crippen molar-refractivity contribution in [1.82, 2.24) is 10.2 Å². The summed E-state index contributed by atoms with van der Waals surface area (Å²) in [5.74, 6) is -0.781. The van der Waals surface area contributed by atoms with Crippen molar-refractivity contribution in [1.29, 1.82) is 0 Å². The lowest BCUT2D eigenvalue weighted by atomic mass is 10.0. The van der Waals surface area contributed by atoms with E-state index in [1.54, 1.807) is 0 Å². The Morgan fingerprint density at radius 2 is 1.95 bits per heavy atom. The number of phenols is 1. The molecule has 2 rings (SSSR count). The van der Waals surface area contributed by atoms with Crippen LogP contribution in [0, 0.1) is 5.82 Å². The Kier molecular flexibility index (Phi) is 9.02. The largest absolute Gasteiger partial charge is 0.505 e. The summed E-state index contributed by atoms with van der Waals surface area (Å²) in [6.07, 6.45) is 0.851. The van der Waals surface area contributed by atoms with Crippen molar-refractivity contribution in [3.63, 3.8) is 0 Å². The molecule has 1 heterocycles. The molecule has 0 unspecified atom stereocenters. The third-order valence-electron chi connectivity index (χ3n) is 3.40. The van der Waals surface area contributed by atoms with Crippen LogP contribution in [-0.2, 0) is 0 Å². The molecule has 2 N–H and O–H groups in total. The van der Waals surface area contributed by atoms with Crippen LogP contribution in [0.3, 0.4) is 0 Å². The minimum absolute atomic E-state index is 0. The van der Waals surface area contributed by atoms with Crippen LogP contribution in [0.2, 0.25) is 0 Å². The normalized spacial score (nSPS) is 16.9. The van der Waals surface area contributed by atoms with E-state index in [9.17, 15) is 9.50 Å². The van der Waals surface area contributed by atoms with E-state index in [1.165, 1.54) is 6.07 Å². The summed E-state index contributed by atoms with van der Waals surface area (Å²) >= 11 is 3.29. The lowest BCUT2D eigenvalue weighted by molar-refractivity contribution is 0.166. The number of nitrogens with zero attached hydrogens (tertiary/aromatic N) is 1. The zero-order valence-electron chi connectivity index (χ0n) is 11.2. The molecule has 0 aromatic heterocycles. The molecule has 1 fully saturated rings. The molecule has 1 aliphatic heterocycles. The second kappa shape index (κ2) is 9.05. The predicted molar refractivity (Wildman–Crippen MR) is 87.7 cm³/mol. The Morgan fingerprint density at radius 1 is 1.35 bits per heavy atom. The van der Waals surface area contributed by atoms with Crippen molar-refractivity contribution in [3.05, 3.63) is 28.0 Å². The fraction of sp³-hybridized carbons (Fsp3) is 0.538. The summed E-state index contributed by atoms with van der Waals surface area (Å²) in [4.78, 5) is 2.29. The maximum atomic E-state index is 13.6. The SMILES string of the molecule is CC[C@@H](c1cc(Br)cc(F)c1O)N1CCNCC1.Cl.Cl. The Morgan fingerprint density at radius 3 is 2.50 bits per heavy atom. The van der Waals surface area contributed by atoms with Gasteiger partial charge < -0.3 is 10.4 Å². The van der Waals surface area contributed by atoms with Gasteiger partial charge in [0.15, 0.2) is 11.6 Å². The van der Waals surface area contributed by atoms with Crippen LogP contribution >= 0.6 is 40.7 Å². The average Bonchev–Trinajstić information content (AvgIpc) is 2.37. The molecule has 1 saturated heterocycles. The summed E-state index contributed by atoms with van der Waals surface area (Å²) < 4.78 is 14.3. The third kappa shape index (κ3) is 4.46. The standard InChI is InChI=1S/C13H18BrFN2O.2ClH/c1-2-12(17-5-3-16-4-6-17)10-7-9(14)8-11(15)13(10)18;;/h7-8,12,16,18H,2-6H2,1H3;2*1H/t12-;;/m0../s1. The highest BCUT2D eigenvalue weighted by Gasteiger charge is 2.24. The summed E-state index contributed by atoms with van der Waals surface area (Å²) in [6, 6.07) is 3.18. The minimum Gasteiger partial charge on any atom is -0.505 e. The molecule has 20 heavy (non-hydrogen) atoms. The van der Waals surface area contributed by atoms with Gasteiger partial charge in [-0.3, -0.25) is 4.90 Å². The molecule has 0 spiro atoms. The van der Waals surface area contributed by atoms with Crippen LogP contribution < -0.4 is 5.32 Å². The van der Waals surface area contributed by atoms with Gasteiger partial charge in [0, 0.05) is 42.3 Å². The predicted octanol–water partition coefficient (Wildman–Crippen LogP) is 3.49. The molecule has 0 bridgehead atoms. The van der Waals surface area contributed by atoms with Crippen molar-refractivity contribution in [2.75, 3.05) is 26.2 Å². The first-order valence-corrected chi connectivity index (χ1v) is 7.05. The molecule has 0 aliphatic carbocycles. The molecule has 0 radical (unpaired) electrons. The fourth-order valence-electron chi connectivity index (χ4n) is 2.51. The van der Waals surface area contributed by atoms with Gasteiger partial charge in [-0.1, -0.05) is 22.9 Å². The highest BCUT2D eigenvalue weighted by atomic mass is 79.9. The van der Waals surface area contributed by atoms with Crippen molar-refractivity contribution < 1.29 is 9.50 Å². The third-order valence-corrected chi connectivity index (χ3v) is 3.85. The van der Waals surface area contributed by atoms with E-state index in [1.807, 2.05) is 6.07 Å².